The molecule has 1 aliphatic heterocycles. The number of anilines is 2. The van der Waals surface area contributed by atoms with Crippen molar-refractivity contribution in [2.75, 3.05) is 16.8 Å². The number of benzene rings is 2. The number of rotatable bonds is 3. The monoisotopic (exact) mass is 352 g/mol. The number of para-hydroxylation sites is 2. The second-order valence-electron chi connectivity index (χ2n) is 7.53. The second kappa shape index (κ2) is 6.83. The quantitative estimate of drug-likeness (QED) is 0.915. The van der Waals surface area contributed by atoms with Crippen molar-refractivity contribution in [2.24, 2.45) is 0 Å². The maximum absolute atomic E-state index is 12.5. The third-order valence-electron chi connectivity index (χ3n) is 4.41. The Balaban J connectivity index is 1.73. The lowest BCUT2D eigenvalue weighted by Crippen LogP contribution is -2.47. The highest BCUT2D eigenvalue weighted by Crippen LogP contribution is 2.33. The predicted molar refractivity (Wildman–Crippen MR) is 103 cm³/mol. The first-order chi connectivity index (χ1) is 12.3. The summed E-state index contributed by atoms with van der Waals surface area (Å²) >= 11 is 0. The van der Waals surface area contributed by atoms with E-state index in [1.807, 2.05) is 36.4 Å². The Morgan fingerprint density at radius 2 is 1.77 bits per heavy atom. The summed E-state index contributed by atoms with van der Waals surface area (Å²) in [7, 11) is 0. The first-order valence-corrected chi connectivity index (χ1v) is 8.73. The van der Waals surface area contributed by atoms with Gasteiger partial charge < -0.3 is 10.1 Å². The molecule has 3 rings (SSSR count). The molecule has 0 fully saturated rings. The van der Waals surface area contributed by atoms with Gasteiger partial charge in [-0.05, 0) is 42.2 Å². The molecule has 0 saturated carbocycles. The number of carbonyl (C=O) groups excluding carboxylic acids is 2. The average Bonchev–Trinajstić information content (AvgIpc) is 2.58. The van der Waals surface area contributed by atoms with Crippen LogP contribution in [0.2, 0.25) is 0 Å². The van der Waals surface area contributed by atoms with E-state index in [2.05, 4.69) is 26.1 Å². The molecule has 2 aromatic carbocycles. The van der Waals surface area contributed by atoms with Crippen LogP contribution < -0.4 is 15.0 Å². The van der Waals surface area contributed by atoms with Crippen LogP contribution in [0.25, 0.3) is 0 Å². The first-order valence-electron chi connectivity index (χ1n) is 8.73. The van der Waals surface area contributed by atoms with Gasteiger partial charge in [-0.2, -0.15) is 0 Å². The highest BCUT2D eigenvalue weighted by molar-refractivity contribution is 6.06. The molecule has 5 nitrogen and oxygen atoms in total. The van der Waals surface area contributed by atoms with Crippen molar-refractivity contribution < 1.29 is 14.3 Å². The largest absolute Gasteiger partial charge is 0.479 e. The van der Waals surface area contributed by atoms with Gasteiger partial charge in [-0.1, -0.05) is 45.0 Å². The van der Waals surface area contributed by atoms with Crippen molar-refractivity contribution >= 4 is 23.2 Å². The molecule has 1 unspecified atom stereocenters. The first kappa shape index (κ1) is 18.0. The second-order valence-corrected chi connectivity index (χ2v) is 7.53. The van der Waals surface area contributed by atoms with Crippen LogP contribution in [0.3, 0.4) is 0 Å². The third-order valence-corrected chi connectivity index (χ3v) is 4.41. The SMILES string of the molecule is CC1Oc2ccccc2N(CC(=O)Nc2ccc(C(C)(C)C)cc2)C1=O. The van der Waals surface area contributed by atoms with Gasteiger partial charge in [0.2, 0.25) is 5.91 Å². The van der Waals surface area contributed by atoms with E-state index in [9.17, 15) is 9.59 Å². The highest BCUT2D eigenvalue weighted by Gasteiger charge is 2.32. The predicted octanol–water partition coefficient (Wildman–Crippen LogP) is 3.74. The Labute approximate surface area is 154 Å². The minimum atomic E-state index is -0.608. The van der Waals surface area contributed by atoms with Gasteiger partial charge in [0.25, 0.3) is 5.91 Å². The lowest BCUT2D eigenvalue weighted by atomic mass is 9.87. The van der Waals surface area contributed by atoms with E-state index in [4.69, 9.17) is 4.74 Å². The van der Waals surface area contributed by atoms with E-state index in [0.29, 0.717) is 17.1 Å². The van der Waals surface area contributed by atoms with Crippen LogP contribution in [0.4, 0.5) is 11.4 Å². The Morgan fingerprint density at radius 1 is 1.12 bits per heavy atom. The number of amides is 2. The molecule has 2 amide bonds. The molecule has 0 bridgehead atoms. The van der Waals surface area contributed by atoms with E-state index in [1.54, 1.807) is 19.1 Å². The number of nitrogens with one attached hydrogen (secondary N) is 1. The van der Waals surface area contributed by atoms with Crippen molar-refractivity contribution in [3.05, 3.63) is 54.1 Å². The topological polar surface area (TPSA) is 58.6 Å². The molecular formula is C21H24N2O3. The van der Waals surface area contributed by atoms with E-state index in [0.717, 1.165) is 0 Å². The fraction of sp³-hybridized carbons (Fsp3) is 0.333. The Bertz CT molecular complexity index is 822. The van der Waals surface area contributed by atoms with Crippen LogP contribution in [0.1, 0.15) is 33.3 Å². The number of nitrogens with zero attached hydrogens (tertiary/aromatic N) is 1. The van der Waals surface area contributed by atoms with Crippen LogP contribution in [-0.2, 0) is 15.0 Å². The molecule has 1 N–H and O–H groups in total. The molecule has 1 aliphatic rings. The highest BCUT2D eigenvalue weighted by atomic mass is 16.5. The Hall–Kier alpha value is -2.82. The van der Waals surface area contributed by atoms with Crippen molar-refractivity contribution in [2.45, 2.75) is 39.2 Å². The molecule has 1 atom stereocenters. The zero-order valence-corrected chi connectivity index (χ0v) is 15.6. The smallest absolute Gasteiger partial charge is 0.268 e. The fourth-order valence-electron chi connectivity index (χ4n) is 2.92. The zero-order chi connectivity index (χ0) is 18.9. The summed E-state index contributed by atoms with van der Waals surface area (Å²) in [4.78, 5) is 26.4. The fourth-order valence-corrected chi connectivity index (χ4v) is 2.92. The molecular weight excluding hydrogens is 328 g/mol. The zero-order valence-electron chi connectivity index (χ0n) is 15.6. The maximum atomic E-state index is 12.5. The summed E-state index contributed by atoms with van der Waals surface area (Å²) in [6.45, 7) is 8.06. The minimum absolute atomic E-state index is 0.0510. The standard InChI is InChI=1S/C21H24N2O3/c1-14-20(25)23(17-7-5-6-8-18(17)26-14)13-19(24)22-16-11-9-15(10-12-16)21(2,3)4/h5-12,14H,13H2,1-4H3,(H,22,24). The van der Waals surface area contributed by atoms with Crippen LogP contribution in [-0.4, -0.2) is 24.5 Å². The molecule has 0 radical (unpaired) electrons. The van der Waals surface area contributed by atoms with E-state index >= 15 is 0 Å². The molecule has 26 heavy (non-hydrogen) atoms. The van der Waals surface area contributed by atoms with Crippen LogP contribution in [0.5, 0.6) is 5.75 Å². The third kappa shape index (κ3) is 3.72. The van der Waals surface area contributed by atoms with Crippen molar-refractivity contribution in [1.29, 1.82) is 0 Å². The normalized spacial score (nSPS) is 16.7. The van der Waals surface area contributed by atoms with Crippen molar-refractivity contribution in [3.63, 3.8) is 0 Å². The molecule has 2 aromatic rings. The number of ether oxygens (including phenoxy) is 1. The van der Waals surface area contributed by atoms with Crippen molar-refractivity contribution in [1.82, 2.24) is 0 Å². The molecule has 0 aliphatic carbocycles. The number of hydrogen-bond acceptors (Lipinski definition) is 3. The van der Waals surface area contributed by atoms with E-state index in [-0.39, 0.29) is 23.8 Å². The number of fused-ring (bicyclic) bond motifs is 1. The van der Waals surface area contributed by atoms with Gasteiger partial charge in [0.05, 0.1) is 5.69 Å². The summed E-state index contributed by atoms with van der Waals surface area (Å²) in [5.74, 6) is 0.148. The summed E-state index contributed by atoms with van der Waals surface area (Å²) in [5.41, 5.74) is 2.59. The maximum Gasteiger partial charge on any atom is 0.268 e. The Kier molecular flexibility index (Phi) is 4.72. The molecule has 0 spiro atoms. The lowest BCUT2D eigenvalue weighted by Gasteiger charge is -2.32. The molecule has 0 saturated heterocycles. The van der Waals surface area contributed by atoms with Crippen LogP contribution in [0.15, 0.2) is 48.5 Å². The molecule has 5 heteroatoms. The molecule has 136 valence electrons. The molecule has 0 aromatic heterocycles. The summed E-state index contributed by atoms with van der Waals surface area (Å²) in [5, 5.41) is 2.86. The minimum Gasteiger partial charge on any atom is -0.479 e. The summed E-state index contributed by atoms with van der Waals surface area (Å²) < 4.78 is 5.60. The summed E-state index contributed by atoms with van der Waals surface area (Å²) in [6, 6.07) is 15.0. The van der Waals surface area contributed by atoms with Gasteiger partial charge in [-0.25, -0.2) is 0 Å². The number of hydrogen-bond donors (Lipinski definition) is 1. The van der Waals surface area contributed by atoms with E-state index in [1.165, 1.54) is 10.5 Å². The average molecular weight is 352 g/mol. The van der Waals surface area contributed by atoms with Gasteiger partial charge in [0.1, 0.15) is 12.3 Å². The van der Waals surface area contributed by atoms with Gasteiger partial charge in [-0.3, -0.25) is 14.5 Å². The Morgan fingerprint density at radius 3 is 2.42 bits per heavy atom. The van der Waals surface area contributed by atoms with Gasteiger partial charge in [0.15, 0.2) is 6.10 Å². The van der Waals surface area contributed by atoms with Crippen molar-refractivity contribution in [3.8, 4) is 5.75 Å². The summed E-state index contributed by atoms with van der Waals surface area (Å²) in [6.07, 6.45) is -0.608. The van der Waals surface area contributed by atoms with Gasteiger partial charge in [-0.15, -0.1) is 0 Å². The van der Waals surface area contributed by atoms with Gasteiger partial charge >= 0.3 is 0 Å². The van der Waals surface area contributed by atoms with Crippen LogP contribution >= 0.6 is 0 Å². The molecule has 1 heterocycles. The number of carbonyl (C=O) groups is 2. The van der Waals surface area contributed by atoms with Gasteiger partial charge in [0, 0.05) is 5.69 Å². The van der Waals surface area contributed by atoms with Crippen LogP contribution in [0, 0.1) is 0 Å². The van der Waals surface area contributed by atoms with E-state index < -0.39 is 6.10 Å². The lowest BCUT2D eigenvalue weighted by molar-refractivity contribution is -0.127.